The molecular formula is C20H26BrN5O4S. The van der Waals surface area contributed by atoms with E-state index in [1.165, 1.54) is 33.0 Å². The Morgan fingerprint density at radius 2 is 2.06 bits per heavy atom. The van der Waals surface area contributed by atoms with E-state index < -0.39 is 12.0 Å². The summed E-state index contributed by atoms with van der Waals surface area (Å²) in [5.41, 5.74) is 0.766. The van der Waals surface area contributed by atoms with Gasteiger partial charge in [-0.1, -0.05) is 0 Å². The van der Waals surface area contributed by atoms with Gasteiger partial charge in [0, 0.05) is 17.2 Å². The maximum Gasteiger partial charge on any atom is 0.346 e. The zero-order chi connectivity index (χ0) is 22.1. The summed E-state index contributed by atoms with van der Waals surface area (Å²) >= 11 is 4.29. The Kier molecular flexibility index (Phi) is 9.04. The number of nitrogens with zero attached hydrogens (tertiary/aromatic N) is 3. The van der Waals surface area contributed by atoms with E-state index in [-0.39, 0.29) is 23.1 Å². The van der Waals surface area contributed by atoms with Crippen LogP contribution in [0.15, 0.2) is 22.8 Å². The lowest BCUT2D eigenvalue weighted by Crippen LogP contribution is -2.30. The molecule has 31 heavy (non-hydrogen) atoms. The highest BCUT2D eigenvalue weighted by Gasteiger charge is 2.24. The van der Waals surface area contributed by atoms with Crippen molar-refractivity contribution in [2.24, 2.45) is 0 Å². The fraction of sp³-hybridized carbons (Fsp3) is 0.500. The van der Waals surface area contributed by atoms with E-state index in [2.05, 4.69) is 40.8 Å². The standard InChI is InChI=1S/C20H26BrN5O4S/c1-29-19(27)16-17(30-13-15-7-6-14(21)12-23-15)25-31-18(16)24-20(28)22-8-2-3-9-26-10-4-5-11-26/h6-7,12H,2-5,8-11,13H2,1H3,(H2,22,24,28). The summed E-state index contributed by atoms with van der Waals surface area (Å²) in [6.07, 6.45) is 6.15. The number of urea groups is 1. The first-order valence-corrected chi connectivity index (χ1v) is 11.7. The number of ether oxygens (including phenoxy) is 2. The lowest BCUT2D eigenvalue weighted by atomic mass is 10.3. The molecule has 2 aromatic heterocycles. The van der Waals surface area contributed by atoms with Crippen molar-refractivity contribution >= 4 is 44.5 Å². The number of carbonyl (C=O) groups is 2. The van der Waals surface area contributed by atoms with Crippen molar-refractivity contribution in [1.29, 1.82) is 0 Å². The Balaban J connectivity index is 1.50. The normalized spacial score (nSPS) is 13.7. The number of halogens is 1. The van der Waals surface area contributed by atoms with Crippen molar-refractivity contribution < 1.29 is 19.1 Å². The van der Waals surface area contributed by atoms with Gasteiger partial charge in [-0.3, -0.25) is 10.3 Å². The second kappa shape index (κ2) is 12.0. The fourth-order valence-electron chi connectivity index (χ4n) is 3.19. The van der Waals surface area contributed by atoms with E-state index in [4.69, 9.17) is 9.47 Å². The highest BCUT2D eigenvalue weighted by Crippen LogP contribution is 2.31. The Morgan fingerprint density at radius 1 is 1.26 bits per heavy atom. The van der Waals surface area contributed by atoms with Crippen LogP contribution in [0.3, 0.4) is 0 Å². The van der Waals surface area contributed by atoms with Gasteiger partial charge in [-0.25, -0.2) is 9.59 Å². The van der Waals surface area contributed by atoms with Crippen molar-refractivity contribution in [3.63, 3.8) is 0 Å². The van der Waals surface area contributed by atoms with Crippen LogP contribution < -0.4 is 15.4 Å². The number of anilines is 1. The highest BCUT2D eigenvalue weighted by molar-refractivity contribution is 9.10. The van der Waals surface area contributed by atoms with Crippen LogP contribution in [0.2, 0.25) is 0 Å². The maximum atomic E-state index is 12.3. The quantitative estimate of drug-likeness (QED) is 0.370. The lowest BCUT2D eigenvalue weighted by Gasteiger charge is -2.14. The molecule has 3 rings (SSSR count). The van der Waals surface area contributed by atoms with Gasteiger partial charge in [-0.05, 0) is 84.9 Å². The number of carbonyl (C=O) groups excluding carboxylic acids is 2. The molecule has 2 N–H and O–H groups in total. The number of hydrogen-bond donors (Lipinski definition) is 2. The molecule has 0 aliphatic carbocycles. The number of unbranched alkanes of at least 4 members (excludes halogenated alkanes) is 1. The van der Waals surface area contributed by atoms with E-state index in [0.717, 1.165) is 35.4 Å². The second-order valence-electron chi connectivity index (χ2n) is 7.08. The van der Waals surface area contributed by atoms with Crippen LogP contribution in [0, 0.1) is 0 Å². The molecule has 0 saturated carbocycles. The van der Waals surface area contributed by atoms with Crippen LogP contribution in [0.4, 0.5) is 9.80 Å². The number of methoxy groups -OCH3 is 1. The third-order valence-electron chi connectivity index (χ3n) is 4.81. The predicted molar refractivity (Wildman–Crippen MR) is 122 cm³/mol. The van der Waals surface area contributed by atoms with Crippen molar-refractivity contribution in [1.82, 2.24) is 19.6 Å². The third kappa shape index (κ3) is 7.15. The topological polar surface area (TPSA) is 106 Å². The minimum atomic E-state index is -0.631. The number of hydrogen-bond acceptors (Lipinski definition) is 8. The Morgan fingerprint density at radius 3 is 2.77 bits per heavy atom. The van der Waals surface area contributed by atoms with Crippen LogP contribution in [0.1, 0.15) is 41.7 Å². The van der Waals surface area contributed by atoms with Crippen molar-refractivity contribution in [3.8, 4) is 5.88 Å². The number of rotatable bonds is 10. The first kappa shape index (κ1) is 23.4. The smallest absolute Gasteiger partial charge is 0.346 e. The largest absolute Gasteiger partial charge is 0.470 e. The number of esters is 1. The molecule has 2 amide bonds. The molecule has 3 heterocycles. The second-order valence-corrected chi connectivity index (χ2v) is 8.77. The van der Waals surface area contributed by atoms with Crippen LogP contribution in [0.25, 0.3) is 0 Å². The molecule has 1 aliphatic rings. The van der Waals surface area contributed by atoms with Gasteiger partial charge in [-0.2, -0.15) is 4.37 Å². The molecule has 1 fully saturated rings. The molecule has 0 bridgehead atoms. The summed E-state index contributed by atoms with van der Waals surface area (Å²) in [5, 5.41) is 5.77. The molecule has 0 radical (unpaired) electrons. The van der Waals surface area contributed by atoms with Crippen LogP contribution in [0.5, 0.6) is 5.88 Å². The number of aromatic nitrogens is 2. The summed E-state index contributed by atoms with van der Waals surface area (Å²) < 4.78 is 15.5. The predicted octanol–water partition coefficient (Wildman–Crippen LogP) is 3.66. The minimum Gasteiger partial charge on any atom is -0.470 e. The van der Waals surface area contributed by atoms with Gasteiger partial charge in [-0.15, -0.1) is 0 Å². The van der Waals surface area contributed by atoms with Crippen LogP contribution >= 0.6 is 27.5 Å². The summed E-state index contributed by atoms with van der Waals surface area (Å²) in [7, 11) is 1.27. The molecular weight excluding hydrogens is 486 g/mol. The van der Waals surface area contributed by atoms with Gasteiger partial charge in [0.15, 0.2) is 5.56 Å². The molecule has 0 spiro atoms. The molecule has 168 valence electrons. The van der Waals surface area contributed by atoms with Crippen LogP contribution in [-0.2, 0) is 11.3 Å². The zero-order valence-corrected chi connectivity index (χ0v) is 19.8. The fourth-order valence-corrected chi connectivity index (χ4v) is 4.14. The monoisotopic (exact) mass is 511 g/mol. The molecule has 2 aromatic rings. The van der Waals surface area contributed by atoms with E-state index in [1.54, 1.807) is 12.3 Å². The first-order valence-electron chi connectivity index (χ1n) is 10.1. The van der Waals surface area contributed by atoms with Crippen molar-refractivity contribution in [2.45, 2.75) is 32.3 Å². The Hall–Kier alpha value is -2.24. The molecule has 0 unspecified atom stereocenters. The average molecular weight is 512 g/mol. The Bertz CT molecular complexity index is 871. The number of amides is 2. The van der Waals surface area contributed by atoms with Gasteiger partial charge >= 0.3 is 12.0 Å². The number of nitrogens with one attached hydrogen (secondary N) is 2. The van der Waals surface area contributed by atoms with Gasteiger partial charge < -0.3 is 19.7 Å². The molecule has 11 heteroatoms. The summed E-state index contributed by atoms with van der Waals surface area (Å²) in [6, 6.07) is 3.25. The minimum absolute atomic E-state index is 0.0915. The first-order chi connectivity index (χ1) is 15.1. The molecule has 1 aliphatic heterocycles. The molecule has 0 atom stereocenters. The van der Waals surface area contributed by atoms with Gasteiger partial charge in [0.2, 0.25) is 5.88 Å². The lowest BCUT2D eigenvalue weighted by molar-refractivity contribution is 0.0596. The Labute approximate surface area is 193 Å². The molecule has 1 saturated heterocycles. The van der Waals surface area contributed by atoms with Gasteiger partial charge in [0.05, 0.1) is 12.8 Å². The third-order valence-corrected chi connectivity index (χ3v) is 6.02. The number of pyridine rings is 1. The summed E-state index contributed by atoms with van der Waals surface area (Å²) in [4.78, 5) is 31.2. The van der Waals surface area contributed by atoms with Gasteiger partial charge in [0.25, 0.3) is 0 Å². The molecule has 0 aromatic carbocycles. The van der Waals surface area contributed by atoms with E-state index in [9.17, 15) is 9.59 Å². The van der Waals surface area contributed by atoms with E-state index in [1.807, 2.05) is 6.07 Å². The summed E-state index contributed by atoms with van der Waals surface area (Å²) in [5.74, 6) is -0.532. The highest BCUT2D eigenvalue weighted by atomic mass is 79.9. The van der Waals surface area contributed by atoms with Crippen molar-refractivity contribution in [3.05, 3.63) is 34.1 Å². The van der Waals surface area contributed by atoms with Crippen molar-refractivity contribution in [2.75, 3.05) is 38.6 Å². The zero-order valence-electron chi connectivity index (χ0n) is 17.4. The molecule has 9 nitrogen and oxygen atoms in total. The van der Waals surface area contributed by atoms with Gasteiger partial charge in [0.1, 0.15) is 11.6 Å². The van der Waals surface area contributed by atoms with E-state index in [0.29, 0.717) is 12.2 Å². The van der Waals surface area contributed by atoms with E-state index >= 15 is 0 Å². The number of likely N-dealkylation sites (tertiary alicyclic amines) is 1. The maximum absolute atomic E-state index is 12.3. The van der Waals surface area contributed by atoms with Crippen LogP contribution in [-0.4, -0.2) is 59.5 Å². The average Bonchev–Trinajstić information content (AvgIpc) is 3.42. The SMILES string of the molecule is COC(=O)c1c(OCc2ccc(Br)cn2)nsc1NC(=O)NCCCCN1CCCC1. The summed E-state index contributed by atoms with van der Waals surface area (Å²) in [6.45, 7) is 4.11.